The molecule has 3 rings (SSSR count). The van der Waals surface area contributed by atoms with Gasteiger partial charge in [-0.25, -0.2) is 18.0 Å². The fourth-order valence-electron chi connectivity index (χ4n) is 3.57. The van der Waals surface area contributed by atoms with Crippen molar-refractivity contribution in [3.8, 4) is 11.3 Å². The maximum atomic E-state index is 14.9. The van der Waals surface area contributed by atoms with E-state index in [1.807, 2.05) is 0 Å². The molecule has 1 aromatic heterocycles. The highest BCUT2D eigenvalue weighted by atomic mass is 19.1. The van der Waals surface area contributed by atoms with Gasteiger partial charge in [-0.05, 0) is 58.2 Å². The Bertz CT molecular complexity index is 1350. The van der Waals surface area contributed by atoms with Gasteiger partial charge < -0.3 is 14.5 Å². The number of unbranched alkanes of at least 4 members (excludes halogenated alkanes) is 2. The number of halogens is 3. The lowest BCUT2D eigenvalue weighted by atomic mass is 10.1. The lowest BCUT2D eigenvalue weighted by molar-refractivity contribution is 0.0588. The van der Waals surface area contributed by atoms with Gasteiger partial charge in [-0.3, -0.25) is 9.69 Å². The Hall–Kier alpha value is -3.75. The first-order chi connectivity index (χ1) is 16.9. The smallest absolute Gasteiger partial charge is 0.414 e. The third kappa shape index (κ3) is 6.08. The molecule has 2 aromatic carbocycles. The molecule has 0 saturated heterocycles. The Morgan fingerprint density at radius 3 is 2.47 bits per heavy atom. The van der Waals surface area contributed by atoms with Crippen LogP contribution < -0.4 is 15.6 Å². The van der Waals surface area contributed by atoms with Crippen LogP contribution in [-0.2, 0) is 4.74 Å². The maximum absolute atomic E-state index is 14.9. The lowest BCUT2D eigenvalue weighted by Crippen LogP contribution is -2.34. The summed E-state index contributed by atoms with van der Waals surface area (Å²) < 4.78 is 54.9. The molecule has 0 unspecified atom stereocenters. The number of hydrogen-bond donors (Lipinski definition) is 1. The summed E-state index contributed by atoms with van der Waals surface area (Å²) in [5.41, 5.74) is -1.97. The van der Waals surface area contributed by atoms with Crippen LogP contribution in [0.3, 0.4) is 0 Å². The average molecular weight is 503 g/mol. The molecule has 0 aliphatic heterocycles. The summed E-state index contributed by atoms with van der Waals surface area (Å²) in [6.45, 7) is 9.08. The molecule has 3 aromatic rings. The van der Waals surface area contributed by atoms with E-state index in [2.05, 4.69) is 11.9 Å². The van der Waals surface area contributed by atoms with E-state index in [0.717, 1.165) is 29.9 Å². The van der Waals surface area contributed by atoms with Crippen molar-refractivity contribution in [2.24, 2.45) is 0 Å². The highest BCUT2D eigenvalue weighted by molar-refractivity contribution is 5.92. The normalized spacial score (nSPS) is 11.4. The van der Waals surface area contributed by atoms with Crippen molar-refractivity contribution in [2.45, 2.75) is 45.6 Å². The van der Waals surface area contributed by atoms with Crippen LogP contribution in [0.1, 0.15) is 40.0 Å². The highest BCUT2D eigenvalue weighted by Crippen LogP contribution is 2.32. The van der Waals surface area contributed by atoms with Crippen LogP contribution in [-0.4, -0.2) is 25.3 Å². The van der Waals surface area contributed by atoms with E-state index < -0.39 is 40.2 Å². The molecule has 1 heterocycles. The van der Waals surface area contributed by atoms with Crippen LogP contribution in [0.4, 0.5) is 29.3 Å². The standard InChI is InChI=1S/C27H29F3N2O4/c1-6-7-8-9-12-31-24-18(29)14-19(30)25-23(24)21(33)15-22(35-25)16-10-11-20(17(28)13-16)32(5)26(34)36-27(2,3)4/h6,10-11,13-15,31H,1,7-9,12H2,2-5H3. The Morgan fingerprint density at radius 2 is 1.83 bits per heavy atom. The van der Waals surface area contributed by atoms with Crippen molar-refractivity contribution in [1.29, 1.82) is 0 Å². The van der Waals surface area contributed by atoms with Gasteiger partial charge in [0.1, 0.15) is 23.0 Å². The first kappa shape index (κ1) is 26.8. The van der Waals surface area contributed by atoms with Gasteiger partial charge in [0.2, 0.25) is 0 Å². The van der Waals surface area contributed by atoms with Crippen molar-refractivity contribution in [3.05, 3.63) is 70.7 Å². The lowest BCUT2D eigenvalue weighted by Gasteiger charge is -2.25. The average Bonchev–Trinajstić information content (AvgIpc) is 2.79. The molecular weight excluding hydrogens is 473 g/mol. The number of anilines is 2. The minimum absolute atomic E-state index is 0.0627. The number of rotatable bonds is 8. The second-order valence-electron chi connectivity index (χ2n) is 9.31. The fourth-order valence-corrected chi connectivity index (χ4v) is 3.57. The summed E-state index contributed by atoms with van der Waals surface area (Å²) in [5, 5.41) is 2.59. The molecule has 0 aliphatic carbocycles. The number of nitrogens with one attached hydrogen (secondary N) is 1. The highest BCUT2D eigenvalue weighted by Gasteiger charge is 2.23. The van der Waals surface area contributed by atoms with Crippen molar-refractivity contribution >= 4 is 28.4 Å². The van der Waals surface area contributed by atoms with Crippen molar-refractivity contribution in [3.63, 3.8) is 0 Å². The minimum atomic E-state index is -1.06. The number of amides is 1. The van der Waals surface area contributed by atoms with E-state index in [1.165, 1.54) is 19.2 Å². The number of carbonyl (C=O) groups is 1. The summed E-state index contributed by atoms with van der Waals surface area (Å²) >= 11 is 0. The second-order valence-corrected chi connectivity index (χ2v) is 9.31. The van der Waals surface area contributed by atoms with Crippen LogP contribution in [0, 0.1) is 17.5 Å². The van der Waals surface area contributed by atoms with Gasteiger partial charge in [0.05, 0.1) is 16.8 Å². The number of hydrogen-bond acceptors (Lipinski definition) is 5. The van der Waals surface area contributed by atoms with Gasteiger partial charge >= 0.3 is 6.09 Å². The van der Waals surface area contributed by atoms with Crippen LogP contribution in [0.2, 0.25) is 0 Å². The summed E-state index contributed by atoms with van der Waals surface area (Å²) in [6.07, 6.45) is 3.33. The summed E-state index contributed by atoms with van der Waals surface area (Å²) in [4.78, 5) is 26.2. The molecule has 0 fully saturated rings. The summed E-state index contributed by atoms with van der Waals surface area (Å²) in [6, 6.07) is 5.48. The van der Waals surface area contributed by atoms with Gasteiger partial charge in [0.25, 0.3) is 0 Å². The van der Waals surface area contributed by atoms with E-state index in [9.17, 15) is 22.8 Å². The molecule has 0 saturated carbocycles. The van der Waals surface area contributed by atoms with Crippen molar-refractivity contribution in [1.82, 2.24) is 0 Å². The molecular formula is C27H29F3N2O4. The Kier molecular flexibility index (Phi) is 8.12. The Balaban J connectivity index is 1.96. The van der Waals surface area contributed by atoms with E-state index in [0.29, 0.717) is 19.0 Å². The largest absolute Gasteiger partial charge is 0.453 e. The Labute approximate surface area is 207 Å². The number of fused-ring (bicyclic) bond motifs is 1. The third-order valence-electron chi connectivity index (χ3n) is 5.30. The molecule has 0 spiro atoms. The molecule has 36 heavy (non-hydrogen) atoms. The third-order valence-corrected chi connectivity index (χ3v) is 5.30. The minimum Gasteiger partial charge on any atom is -0.453 e. The fraction of sp³-hybridized carbons (Fsp3) is 0.333. The number of allylic oxidation sites excluding steroid dienone is 1. The van der Waals surface area contributed by atoms with E-state index in [1.54, 1.807) is 26.8 Å². The molecule has 0 aliphatic rings. The molecule has 6 nitrogen and oxygen atoms in total. The van der Waals surface area contributed by atoms with Crippen LogP contribution in [0.15, 0.2) is 52.2 Å². The maximum Gasteiger partial charge on any atom is 0.414 e. The number of nitrogens with zero attached hydrogens (tertiary/aromatic N) is 1. The molecule has 0 radical (unpaired) electrons. The Morgan fingerprint density at radius 1 is 1.11 bits per heavy atom. The number of ether oxygens (including phenoxy) is 1. The first-order valence-electron chi connectivity index (χ1n) is 11.5. The summed E-state index contributed by atoms with van der Waals surface area (Å²) in [7, 11) is 1.36. The molecule has 192 valence electrons. The number of benzene rings is 2. The first-order valence-corrected chi connectivity index (χ1v) is 11.5. The van der Waals surface area contributed by atoms with Gasteiger partial charge in [-0.1, -0.05) is 6.08 Å². The van der Waals surface area contributed by atoms with Gasteiger partial charge in [-0.15, -0.1) is 6.58 Å². The van der Waals surface area contributed by atoms with Gasteiger partial charge in [0, 0.05) is 31.3 Å². The van der Waals surface area contributed by atoms with Crippen LogP contribution >= 0.6 is 0 Å². The van der Waals surface area contributed by atoms with Gasteiger partial charge in [-0.2, -0.15) is 0 Å². The second kappa shape index (κ2) is 10.9. The monoisotopic (exact) mass is 502 g/mol. The summed E-state index contributed by atoms with van der Waals surface area (Å²) in [5.74, 6) is -2.87. The van der Waals surface area contributed by atoms with Gasteiger partial charge in [0.15, 0.2) is 16.8 Å². The quantitative estimate of drug-likeness (QED) is 0.265. The number of carbonyl (C=O) groups excluding carboxylic acids is 1. The predicted octanol–water partition coefficient (Wildman–Crippen LogP) is 7.02. The SMILES string of the molecule is C=CCCCCNc1c(F)cc(F)c2oc(-c3ccc(N(C)C(=O)OC(C)(C)C)c(F)c3)cc(=O)c12. The predicted molar refractivity (Wildman–Crippen MR) is 135 cm³/mol. The van der Waals surface area contributed by atoms with Crippen molar-refractivity contribution < 1.29 is 27.1 Å². The molecule has 0 atom stereocenters. The van der Waals surface area contributed by atoms with Crippen LogP contribution in [0.25, 0.3) is 22.3 Å². The topological polar surface area (TPSA) is 71.8 Å². The van der Waals surface area contributed by atoms with E-state index >= 15 is 0 Å². The zero-order valence-electron chi connectivity index (χ0n) is 20.7. The molecule has 1 N–H and O–H groups in total. The molecule has 9 heteroatoms. The van der Waals surface area contributed by atoms with E-state index in [4.69, 9.17) is 9.15 Å². The molecule has 1 amide bonds. The zero-order chi connectivity index (χ0) is 26.6. The zero-order valence-corrected chi connectivity index (χ0v) is 20.7. The van der Waals surface area contributed by atoms with Crippen LogP contribution in [0.5, 0.6) is 0 Å². The van der Waals surface area contributed by atoms with E-state index in [-0.39, 0.29) is 28.1 Å². The van der Waals surface area contributed by atoms with Crippen molar-refractivity contribution in [2.75, 3.05) is 23.8 Å². The molecule has 0 bridgehead atoms.